The van der Waals surface area contributed by atoms with Crippen molar-refractivity contribution in [2.45, 2.75) is 45.1 Å². The van der Waals surface area contributed by atoms with Gasteiger partial charge >= 0.3 is 5.97 Å². The Hall–Kier alpha value is -0.440. The lowest BCUT2D eigenvalue weighted by atomic mass is 9.83. The fourth-order valence-corrected chi connectivity index (χ4v) is 1.19. The minimum absolute atomic E-state index is 0.109. The van der Waals surface area contributed by atoms with E-state index in [-0.39, 0.29) is 12.0 Å². The Labute approximate surface area is 82.3 Å². The molecular formula is C8H19B2NO2. The van der Waals surface area contributed by atoms with Crippen LogP contribution in [-0.4, -0.2) is 43.2 Å². The summed E-state index contributed by atoms with van der Waals surface area (Å²) in [5, 5.41) is 8.53. The summed E-state index contributed by atoms with van der Waals surface area (Å²) in [4.78, 5) is 12.6. The monoisotopic (exact) mass is 183 g/mol. The molecule has 0 aliphatic carbocycles. The number of carboxylic acid groups (broad SMARTS) is 1. The minimum Gasteiger partial charge on any atom is -0.481 e. The maximum atomic E-state index is 10.4. The first kappa shape index (κ1) is 12.6. The number of nitrogens with zero attached hydrogens (tertiary/aromatic N) is 1. The van der Waals surface area contributed by atoms with Crippen LogP contribution in [-0.2, 0) is 4.79 Å². The van der Waals surface area contributed by atoms with Crippen LogP contribution < -0.4 is 0 Å². The van der Waals surface area contributed by atoms with Gasteiger partial charge in [-0.1, -0.05) is 0 Å². The van der Waals surface area contributed by atoms with Crippen LogP contribution in [0, 0.1) is 0 Å². The van der Waals surface area contributed by atoms with E-state index in [0.717, 1.165) is 0 Å². The summed E-state index contributed by atoms with van der Waals surface area (Å²) in [6.45, 7) is 6.39. The van der Waals surface area contributed by atoms with Crippen LogP contribution in [0.4, 0.5) is 0 Å². The third-order valence-corrected chi connectivity index (χ3v) is 2.50. The Morgan fingerprint density at radius 1 is 1.54 bits per heavy atom. The van der Waals surface area contributed by atoms with E-state index in [2.05, 4.69) is 33.4 Å². The average molecular weight is 183 g/mol. The number of carboxylic acids is 1. The molecule has 0 rings (SSSR count). The van der Waals surface area contributed by atoms with Gasteiger partial charge in [-0.2, -0.15) is 0 Å². The van der Waals surface area contributed by atoms with Gasteiger partial charge < -0.3 is 9.92 Å². The summed E-state index contributed by atoms with van der Waals surface area (Å²) in [7, 11) is 4.10. The fourth-order valence-electron chi connectivity index (χ4n) is 1.19. The molecule has 0 aliphatic rings. The average Bonchev–Trinajstić information content (AvgIpc) is 1.96. The van der Waals surface area contributed by atoms with Gasteiger partial charge in [-0.15, -0.1) is 0 Å². The molecule has 1 N–H and O–H groups in total. The molecule has 0 saturated heterocycles. The highest BCUT2D eigenvalue weighted by molar-refractivity contribution is 6.16. The van der Waals surface area contributed by atoms with Gasteiger partial charge in [-0.25, -0.2) is 0 Å². The van der Waals surface area contributed by atoms with E-state index in [9.17, 15) is 4.79 Å². The maximum Gasteiger partial charge on any atom is 0.303 e. The van der Waals surface area contributed by atoms with Gasteiger partial charge in [0.2, 0.25) is 0 Å². The van der Waals surface area contributed by atoms with Crippen molar-refractivity contribution in [2.75, 3.05) is 0 Å². The van der Waals surface area contributed by atoms with Crippen LogP contribution in [0.5, 0.6) is 0 Å². The molecule has 0 spiro atoms. The van der Waals surface area contributed by atoms with Crippen LogP contribution >= 0.6 is 0 Å². The largest absolute Gasteiger partial charge is 0.481 e. The standard InChI is InChI=1S/C8H19B2NO2/c1-8(2,3)11(10)6(9)4-5-7(12)13/h6H,4-5,9-10H2,1-3H3,(H,12,13). The van der Waals surface area contributed by atoms with Gasteiger partial charge in [0, 0.05) is 12.0 Å². The number of rotatable bonds is 4. The highest BCUT2D eigenvalue weighted by atomic mass is 16.4. The van der Waals surface area contributed by atoms with Gasteiger partial charge in [0.1, 0.15) is 7.85 Å². The maximum absolute atomic E-state index is 10.4. The summed E-state index contributed by atoms with van der Waals surface area (Å²) in [5.41, 5.74) is 0.109. The molecule has 0 bridgehead atoms. The third kappa shape index (κ3) is 4.98. The predicted octanol–water partition coefficient (Wildman–Crippen LogP) is -0.541. The lowest BCUT2D eigenvalue weighted by molar-refractivity contribution is -0.137. The lowest BCUT2D eigenvalue weighted by Gasteiger charge is -2.37. The molecule has 1 atom stereocenters. The molecule has 3 nitrogen and oxygen atoms in total. The molecule has 0 aliphatic heterocycles. The van der Waals surface area contributed by atoms with Gasteiger partial charge in [-0.05, 0) is 33.1 Å². The van der Waals surface area contributed by atoms with E-state index in [1.54, 1.807) is 0 Å². The van der Waals surface area contributed by atoms with Crippen molar-refractivity contribution in [3.8, 4) is 0 Å². The number of hydrogen-bond acceptors (Lipinski definition) is 2. The highest BCUT2D eigenvalue weighted by Crippen LogP contribution is 2.14. The molecule has 0 aromatic rings. The Bertz CT molecular complexity index is 179. The molecule has 5 heteroatoms. The second-order valence-corrected chi connectivity index (χ2v) is 4.56. The molecule has 0 amide bonds. The van der Waals surface area contributed by atoms with E-state index >= 15 is 0 Å². The second kappa shape index (κ2) is 4.70. The minimum atomic E-state index is -0.714. The Morgan fingerprint density at radius 3 is 2.31 bits per heavy atom. The van der Waals surface area contributed by atoms with E-state index in [1.165, 1.54) is 0 Å². The third-order valence-electron chi connectivity index (χ3n) is 2.50. The first-order valence-electron chi connectivity index (χ1n) is 4.70. The summed E-state index contributed by atoms with van der Waals surface area (Å²) in [6.07, 6.45) is 0.963. The molecule has 0 radical (unpaired) electrons. The van der Waals surface area contributed by atoms with Gasteiger partial charge in [-0.3, -0.25) is 4.79 Å². The van der Waals surface area contributed by atoms with Crippen LogP contribution in [0.3, 0.4) is 0 Å². The predicted molar refractivity (Wildman–Crippen MR) is 59.3 cm³/mol. The van der Waals surface area contributed by atoms with Crippen LogP contribution in [0.25, 0.3) is 0 Å². The summed E-state index contributed by atoms with van der Waals surface area (Å²) >= 11 is 0. The molecule has 0 heterocycles. The van der Waals surface area contributed by atoms with Crippen molar-refractivity contribution in [1.82, 2.24) is 4.81 Å². The molecule has 0 aromatic heterocycles. The molecule has 0 saturated carbocycles. The summed E-state index contributed by atoms with van der Waals surface area (Å²) < 4.78 is 0. The quantitative estimate of drug-likeness (QED) is 0.594. The van der Waals surface area contributed by atoms with Crippen LogP contribution in [0.1, 0.15) is 33.6 Å². The Morgan fingerprint density at radius 2 is 2.00 bits per heavy atom. The molecule has 74 valence electrons. The number of hydrogen-bond donors (Lipinski definition) is 1. The Kier molecular flexibility index (Phi) is 4.54. The first-order chi connectivity index (χ1) is 5.75. The van der Waals surface area contributed by atoms with Crippen LogP contribution in [0.2, 0.25) is 0 Å². The zero-order chi connectivity index (χ0) is 10.6. The van der Waals surface area contributed by atoms with Gasteiger partial charge in [0.15, 0.2) is 7.98 Å². The topological polar surface area (TPSA) is 40.5 Å². The molecule has 13 heavy (non-hydrogen) atoms. The molecule has 1 unspecified atom stereocenters. The lowest BCUT2D eigenvalue weighted by Crippen LogP contribution is -2.46. The van der Waals surface area contributed by atoms with E-state index in [4.69, 9.17) is 5.11 Å². The van der Waals surface area contributed by atoms with E-state index < -0.39 is 5.97 Å². The molecule has 0 aromatic carbocycles. The van der Waals surface area contributed by atoms with Crippen molar-refractivity contribution in [3.05, 3.63) is 0 Å². The zero-order valence-electron chi connectivity index (χ0n) is 9.29. The number of carbonyl (C=O) groups is 1. The summed E-state index contributed by atoms with van der Waals surface area (Å²) in [6, 6.07) is 0. The smallest absolute Gasteiger partial charge is 0.303 e. The Balaban J connectivity index is 3.97. The zero-order valence-corrected chi connectivity index (χ0v) is 9.29. The SMILES string of the molecule is BC(CCC(=O)O)N(B)C(C)(C)C. The van der Waals surface area contributed by atoms with E-state index in [1.807, 2.05) is 7.98 Å². The summed E-state index contributed by atoms with van der Waals surface area (Å²) in [5.74, 6) is -0.398. The fraction of sp³-hybridized carbons (Fsp3) is 0.875. The van der Waals surface area contributed by atoms with Gasteiger partial charge in [0.25, 0.3) is 0 Å². The van der Waals surface area contributed by atoms with Gasteiger partial charge in [0.05, 0.1) is 0 Å². The van der Waals surface area contributed by atoms with Crippen molar-refractivity contribution in [2.24, 2.45) is 0 Å². The van der Waals surface area contributed by atoms with Crippen molar-refractivity contribution in [3.63, 3.8) is 0 Å². The second-order valence-electron chi connectivity index (χ2n) is 4.56. The van der Waals surface area contributed by atoms with E-state index in [0.29, 0.717) is 12.4 Å². The highest BCUT2D eigenvalue weighted by Gasteiger charge is 2.21. The molecular weight excluding hydrogens is 164 g/mol. The van der Waals surface area contributed by atoms with Crippen LogP contribution in [0.15, 0.2) is 0 Å². The molecule has 0 fully saturated rings. The normalized spacial score (nSPS) is 14.5. The number of aliphatic carboxylic acids is 1. The van der Waals surface area contributed by atoms with Crippen molar-refractivity contribution in [1.29, 1.82) is 0 Å². The first-order valence-corrected chi connectivity index (χ1v) is 4.70. The van der Waals surface area contributed by atoms with Crippen molar-refractivity contribution < 1.29 is 9.90 Å². The van der Waals surface area contributed by atoms with Crippen molar-refractivity contribution >= 4 is 21.8 Å².